The number of aromatic amines is 1. The average Bonchev–Trinajstić information content (AvgIpc) is 3.53. The predicted octanol–water partition coefficient (Wildman–Crippen LogP) is 5.84. The molecule has 0 aliphatic heterocycles. The second-order valence-corrected chi connectivity index (χ2v) is 9.67. The zero-order valence-electron chi connectivity index (χ0n) is 21.3. The van der Waals surface area contributed by atoms with Crippen LogP contribution in [-0.4, -0.2) is 29.9 Å². The van der Waals surface area contributed by atoms with Gasteiger partial charge in [0.2, 0.25) is 5.91 Å². The van der Waals surface area contributed by atoms with Crippen molar-refractivity contribution in [2.45, 2.75) is 57.5 Å². The van der Waals surface area contributed by atoms with E-state index in [1.807, 2.05) is 61.7 Å². The van der Waals surface area contributed by atoms with E-state index in [-0.39, 0.29) is 24.3 Å². The zero-order valence-corrected chi connectivity index (χ0v) is 21.3. The number of para-hydroxylation sites is 3. The Morgan fingerprint density at radius 3 is 2.57 bits per heavy atom. The summed E-state index contributed by atoms with van der Waals surface area (Å²) in [5.41, 5.74) is 2.35. The van der Waals surface area contributed by atoms with Crippen molar-refractivity contribution < 1.29 is 18.7 Å². The van der Waals surface area contributed by atoms with E-state index in [4.69, 9.17) is 9.15 Å². The quantitative estimate of drug-likeness (QED) is 0.319. The highest BCUT2D eigenvalue weighted by Crippen LogP contribution is 2.36. The number of methoxy groups -OCH3 is 1. The zero-order chi connectivity index (χ0) is 25.8. The first-order valence-electron chi connectivity index (χ1n) is 12.9. The Balaban J connectivity index is 1.57. The monoisotopic (exact) mass is 499 g/mol. The van der Waals surface area contributed by atoms with Gasteiger partial charge in [-0.1, -0.05) is 49.6 Å². The van der Waals surface area contributed by atoms with Gasteiger partial charge < -0.3 is 19.5 Å². The summed E-state index contributed by atoms with van der Waals surface area (Å²) >= 11 is 0. The second-order valence-electron chi connectivity index (χ2n) is 9.67. The minimum absolute atomic E-state index is 0.0862. The Kier molecular flexibility index (Phi) is 7.30. The molecule has 1 aliphatic rings. The van der Waals surface area contributed by atoms with Crippen molar-refractivity contribution in [1.82, 2.24) is 10.3 Å². The lowest BCUT2D eigenvalue weighted by molar-refractivity contribution is -0.127. The van der Waals surface area contributed by atoms with Gasteiger partial charge in [-0.15, -0.1) is 0 Å². The Hall–Kier alpha value is -4.00. The van der Waals surface area contributed by atoms with E-state index in [0.29, 0.717) is 23.0 Å². The van der Waals surface area contributed by atoms with Crippen LogP contribution in [0.1, 0.15) is 55.2 Å². The summed E-state index contributed by atoms with van der Waals surface area (Å²) in [7, 11) is 1.56. The third-order valence-electron chi connectivity index (χ3n) is 7.12. The number of aryl methyl sites for hydroxylation is 1. The molecule has 2 aromatic heterocycles. The van der Waals surface area contributed by atoms with E-state index in [2.05, 4.69) is 10.3 Å². The van der Waals surface area contributed by atoms with Gasteiger partial charge in [0, 0.05) is 23.1 Å². The van der Waals surface area contributed by atoms with E-state index >= 15 is 0 Å². The van der Waals surface area contributed by atoms with Crippen molar-refractivity contribution in [1.29, 1.82) is 0 Å². The van der Waals surface area contributed by atoms with Gasteiger partial charge in [-0.3, -0.25) is 14.5 Å². The van der Waals surface area contributed by atoms with Crippen molar-refractivity contribution in [2.75, 3.05) is 12.0 Å². The number of fused-ring (bicyclic) bond motifs is 1. The van der Waals surface area contributed by atoms with Gasteiger partial charge in [0.15, 0.2) is 6.04 Å². The maximum absolute atomic E-state index is 14.2. The van der Waals surface area contributed by atoms with Gasteiger partial charge in [0.05, 0.1) is 19.2 Å². The van der Waals surface area contributed by atoms with Crippen LogP contribution in [0.25, 0.3) is 10.9 Å². The highest BCUT2D eigenvalue weighted by molar-refractivity contribution is 6.04. The Morgan fingerprint density at radius 2 is 1.81 bits per heavy atom. The highest BCUT2D eigenvalue weighted by atomic mass is 16.5. The summed E-state index contributed by atoms with van der Waals surface area (Å²) in [6.07, 6.45) is 7.20. The van der Waals surface area contributed by atoms with Crippen molar-refractivity contribution in [2.24, 2.45) is 0 Å². The number of hydrogen-bond donors (Lipinski definition) is 2. The number of amides is 2. The molecule has 0 bridgehead atoms. The van der Waals surface area contributed by atoms with Crippen LogP contribution < -0.4 is 15.0 Å². The number of furan rings is 1. The normalized spacial score (nSPS) is 14.9. The molecule has 2 N–H and O–H groups in total. The lowest BCUT2D eigenvalue weighted by Crippen LogP contribution is -2.47. The maximum atomic E-state index is 14.2. The van der Waals surface area contributed by atoms with E-state index in [1.54, 1.807) is 19.2 Å². The first-order valence-corrected chi connectivity index (χ1v) is 12.9. The van der Waals surface area contributed by atoms with E-state index < -0.39 is 6.04 Å². The molecule has 2 heterocycles. The molecule has 0 spiro atoms. The van der Waals surface area contributed by atoms with Gasteiger partial charge in [-0.2, -0.15) is 0 Å². The number of rotatable bonds is 8. The number of aromatic nitrogens is 1. The molecule has 1 saturated carbocycles. The van der Waals surface area contributed by atoms with Gasteiger partial charge in [0.25, 0.3) is 5.91 Å². The number of carbonyl (C=O) groups is 2. The topological polar surface area (TPSA) is 87.6 Å². The number of carbonyl (C=O) groups excluding carboxylic acids is 2. The van der Waals surface area contributed by atoms with Crippen molar-refractivity contribution >= 4 is 28.4 Å². The van der Waals surface area contributed by atoms with Gasteiger partial charge in [0.1, 0.15) is 17.3 Å². The number of ether oxygens (including phenoxy) is 1. The van der Waals surface area contributed by atoms with E-state index in [0.717, 1.165) is 42.1 Å². The summed E-state index contributed by atoms with van der Waals surface area (Å²) in [6, 6.07) is 17.9. The first-order chi connectivity index (χ1) is 18.0. The number of nitrogens with one attached hydrogen (secondary N) is 2. The number of H-pyrrole nitrogens is 1. The predicted molar refractivity (Wildman–Crippen MR) is 144 cm³/mol. The lowest BCUT2D eigenvalue weighted by Gasteiger charge is -2.33. The molecule has 4 aromatic rings. The molecule has 1 atom stereocenters. The van der Waals surface area contributed by atoms with Crippen LogP contribution in [0.15, 0.2) is 71.3 Å². The molecule has 7 nitrogen and oxygen atoms in total. The van der Waals surface area contributed by atoms with E-state index in [9.17, 15) is 9.59 Å². The molecule has 2 amide bonds. The molecular formula is C30H33N3O4. The van der Waals surface area contributed by atoms with Crippen molar-refractivity contribution in [3.63, 3.8) is 0 Å². The average molecular weight is 500 g/mol. The SMILES string of the molecule is COc1ccccc1N(C(=O)Cc1c[nH]c2ccccc12)[C@@H](C(=O)NC1CCCCC1)c1ccc(C)o1. The number of hydrogen-bond acceptors (Lipinski definition) is 4. The molecule has 1 fully saturated rings. The first kappa shape index (κ1) is 24.7. The number of nitrogens with zero attached hydrogens (tertiary/aromatic N) is 1. The Morgan fingerprint density at radius 1 is 1.05 bits per heavy atom. The van der Waals surface area contributed by atoms with Gasteiger partial charge in [-0.25, -0.2) is 0 Å². The highest BCUT2D eigenvalue weighted by Gasteiger charge is 2.37. The molecule has 0 saturated heterocycles. The molecule has 37 heavy (non-hydrogen) atoms. The minimum Gasteiger partial charge on any atom is -0.495 e. The van der Waals surface area contributed by atoms with E-state index in [1.165, 1.54) is 11.3 Å². The number of benzene rings is 2. The number of anilines is 1. The van der Waals surface area contributed by atoms with Gasteiger partial charge >= 0.3 is 0 Å². The van der Waals surface area contributed by atoms with Gasteiger partial charge in [-0.05, 0) is 55.7 Å². The van der Waals surface area contributed by atoms with Crippen LogP contribution >= 0.6 is 0 Å². The molecule has 2 aromatic carbocycles. The molecule has 192 valence electrons. The largest absolute Gasteiger partial charge is 0.495 e. The second kappa shape index (κ2) is 10.9. The Labute approximate surface area is 216 Å². The molecule has 1 aliphatic carbocycles. The third kappa shape index (κ3) is 5.26. The summed E-state index contributed by atoms with van der Waals surface area (Å²) in [5, 5.41) is 4.20. The van der Waals surface area contributed by atoms with Crippen LogP contribution in [0.4, 0.5) is 5.69 Å². The molecule has 0 unspecified atom stereocenters. The van der Waals surface area contributed by atoms with Crippen LogP contribution in [0, 0.1) is 6.92 Å². The molecule has 5 rings (SSSR count). The maximum Gasteiger partial charge on any atom is 0.251 e. The van der Waals surface area contributed by atoms with Crippen molar-refractivity contribution in [3.05, 3.63) is 83.9 Å². The van der Waals surface area contributed by atoms with Crippen LogP contribution in [0.5, 0.6) is 5.75 Å². The molecule has 0 radical (unpaired) electrons. The smallest absolute Gasteiger partial charge is 0.251 e. The standard InChI is InChI=1S/C30H33N3O4/c1-20-16-17-27(37-20)29(30(35)32-22-10-4-3-5-11-22)33(25-14-8-9-15-26(25)36-2)28(34)18-21-19-31-24-13-7-6-12-23(21)24/h6-9,12-17,19,22,29,31H,3-5,10-11,18H2,1-2H3,(H,32,35)/t29-/m1/s1. The summed E-state index contributed by atoms with van der Waals surface area (Å²) in [4.78, 5) is 32.9. The summed E-state index contributed by atoms with van der Waals surface area (Å²) < 4.78 is 11.6. The lowest BCUT2D eigenvalue weighted by atomic mass is 9.95. The fourth-order valence-corrected chi connectivity index (χ4v) is 5.27. The third-order valence-corrected chi connectivity index (χ3v) is 7.12. The van der Waals surface area contributed by atoms with Crippen LogP contribution in [-0.2, 0) is 16.0 Å². The minimum atomic E-state index is -0.982. The van der Waals surface area contributed by atoms with Crippen LogP contribution in [0.3, 0.4) is 0 Å². The summed E-state index contributed by atoms with van der Waals surface area (Å²) in [5.74, 6) is 1.12. The Bertz CT molecular complexity index is 1380. The fourth-order valence-electron chi connectivity index (χ4n) is 5.27. The van der Waals surface area contributed by atoms with Crippen LogP contribution in [0.2, 0.25) is 0 Å². The van der Waals surface area contributed by atoms with Crippen molar-refractivity contribution in [3.8, 4) is 5.75 Å². The molecular weight excluding hydrogens is 466 g/mol. The molecule has 7 heteroatoms. The summed E-state index contributed by atoms with van der Waals surface area (Å²) in [6.45, 7) is 1.83. The fraction of sp³-hybridized carbons (Fsp3) is 0.333.